The van der Waals surface area contributed by atoms with Crippen molar-refractivity contribution in [2.45, 2.75) is 37.9 Å². The monoisotopic (exact) mass is 297 g/mol. The Labute approximate surface area is 126 Å². The summed E-state index contributed by atoms with van der Waals surface area (Å²) >= 11 is 6.11. The van der Waals surface area contributed by atoms with Crippen LogP contribution in [0.4, 0.5) is 0 Å². The third kappa shape index (κ3) is 3.95. The fourth-order valence-electron chi connectivity index (χ4n) is 2.87. The largest absolute Gasteiger partial charge is 0.388 e. The lowest BCUT2D eigenvalue weighted by Crippen LogP contribution is -2.47. The van der Waals surface area contributed by atoms with E-state index < -0.39 is 6.10 Å². The van der Waals surface area contributed by atoms with Crippen LogP contribution in [0.5, 0.6) is 0 Å². The summed E-state index contributed by atoms with van der Waals surface area (Å²) in [6, 6.07) is 7.51. The van der Waals surface area contributed by atoms with Gasteiger partial charge in [0.2, 0.25) is 0 Å². The smallest absolute Gasteiger partial charge is 0.0816 e. The van der Waals surface area contributed by atoms with E-state index in [0.29, 0.717) is 11.4 Å². The number of hydrogen-bond acceptors (Lipinski definition) is 3. The van der Waals surface area contributed by atoms with Crippen LogP contribution in [-0.2, 0) is 4.74 Å². The number of hydrogen-bond donors (Lipinski definition) is 1. The molecule has 0 amide bonds. The highest BCUT2D eigenvalue weighted by atomic mass is 35.5. The van der Waals surface area contributed by atoms with Crippen LogP contribution in [0, 0.1) is 0 Å². The fourth-order valence-corrected chi connectivity index (χ4v) is 3.13. The summed E-state index contributed by atoms with van der Waals surface area (Å²) in [5.41, 5.74) is 0.772. The maximum atomic E-state index is 10.3. The Morgan fingerprint density at radius 2 is 2.20 bits per heavy atom. The van der Waals surface area contributed by atoms with Gasteiger partial charge in [-0.1, -0.05) is 29.8 Å². The summed E-state index contributed by atoms with van der Waals surface area (Å²) in [5, 5.41) is 10.9. The van der Waals surface area contributed by atoms with Gasteiger partial charge in [-0.15, -0.1) is 0 Å². The highest BCUT2D eigenvalue weighted by Gasteiger charge is 2.30. The summed E-state index contributed by atoms with van der Waals surface area (Å²) in [6.07, 6.45) is 2.45. The zero-order valence-electron chi connectivity index (χ0n) is 12.3. The van der Waals surface area contributed by atoms with Crippen LogP contribution < -0.4 is 0 Å². The van der Waals surface area contributed by atoms with Gasteiger partial charge in [-0.2, -0.15) is 0 Å². The SMILES string of the molecule is COC1(C)CCCN(CCC(O)c2ccccc2Cl)C1. The predicted molar refractivity (Wildman–Crippen MR) is 82.1 cm³/mol. The fraction of sp³-hybridized carbons (Fsp3) is 0.625. The van der Waals surface area contributed by atoms with Gasteiger partial charge in [0.1, 0.15) is 0 Å². The van der Waals surface area contributed by atoms with E-state index in [4.69, 9.17) is 16.3 Å². The molecule has 2 unspecified atom stereocenters. The van der Waals surface area contributed by atoms with Crippen LogP contribution in [0.3, 0.4) is 0 Å². The van der Waals surface area contributed by atoms with Gasteiger partial charge >= 0.3 is 0 Å². The molecular formula is C16H24ClNO2. The topological polar surface area (TPSA) is 32.7 Å². The number of ether oxygens (including phenoxy) is 1. The summed E-state index contributed by atoms with van der Waals surface area (Å²) < 4.78 is 5.59. The quantitative estimate of drug-likeness (QED) is 0.905. The standard InChI is InChI=1S/C16H24ClNO2/c1-16(20-2)9-5-10-18(12-16)11-8-15(19)13-6-3-4-7-14(13)17/h3-4,6-7,15,19H,5,8-12H2,1-2H3. The molecule has 0 aromatic heterocycles. The molecule has 0 aliphatic carbocycles. The van der Waals surface area contributed by atoms with Crippen LogP contribution in [0.2, 0.25) is 5.02 Å². The molecule has 2 atom stereocenters. The Balaban J connectivity index is 1.87. The zero-order valence-corrected chi connectivity index (χ0v) is 13.1. The number of likely N-dealkylation sites (tertiary alicyclic amines) is 1. The Kier molecular flexibility index (Phi) is 5.44. The number of aliphatic hydroxyl groups excluding tert-OH is 1. The van der Waals surface area contributed by atoms with Crippen molar-refractivity contribution in [1.82, 2.24) is 4.90 Å². The molecule has 1 aromatic carbocycles. The van der Waals surface area contributed by atoms with Crippen LogP contribution in [-0.4, -0.2) is 42.4 Å². The zero-order chi connectivity index (χ0) is 14.6. The second kappa shape index (κ2) is 6.90. The minimum absolute atomic E-state index is 0.0480. The van der Waals surface area contributed by atoms with Gasteiger partial charge in [-0.25, -0.2) is 0 Å². The summed E-state index contributed by atoms with van der Waals surface area (Å²) in [7, 11) is 1.78. The van der Waals surface area contributed by atoms with Crippen LogP contribution >= 0.6 is 11.6 Å². The molecule has 112 valence electrons. The number of piperidine rings is 1. The highest BCUT2D eigenvalue weighted by Crippen LogP contribution is 2.27. The van der Waals surface area contributed by atoms with Crippen molar-refractivity contribution >= 4 is 11.6 Å². The predicted octanol–water partition coefficient (Wildman–Crippen LogP) is 3.26. The lowest BCUT2D eigenvalue weighted by molar-refractivity contribution is -0.0528. The number of methoxy groups -OCH3 is 1. The highest BCUT2D eigenvalue weighted by molar-refractivity contribution is 6.31. The average molecular weight is 298 g/mol. The number of nitrogens with zero attached hydrogens (tertiary/aromatic N) is 1. The van der Waals surface area contributed by atoms with E-state index >= 15 is 0 Å². The summed E-state index contributed by atoms with van der Waals surface area (Å²) in [5.74, 6) is 0. The molecule has 0 radical (unpaired) electrons. The van der Waals surface area contributed by atoms with E-state index in [1.807, 2.05) is 24.3 Å². The van der Waals surface area contributed by atoms with E-state index in [1.165, 1.54) is 0 Å². The molecule has 1 fully saturated rings. The third-order valence-electron chi connectivity index (χ3n) is 4.21. The van der Waals surface area contributed by atoms with E-state index in [1.54, 1.807) is 7.11 Å². The number of aliphatic hydroxyl groups is 1. The molecule has 1 aromatic rings. The van der Waals surface area contributed by atoms with Crippen LogP contribution in [0.25, 0.3) is 0 Å². The van der Waals surface area contributed by atoms with Gasteiger partial charge in [-0.05, 0) is 44.4 Å². The van der Waals surface area contributed by atoms with E-state index in [0.717, 1.165) is 38.0 Å². The molecule has 3 nitrogen and oxygen atoms in total. The van der Waals surface area contributed by atoms with Crippen molar-refractivity contribution in [2.24, 2.45) is 0 Å². The molecule has 1 N–H and O–H groups in total. The number of rotatable bonds is 5. The summed E-state index contributed by atoms with van der Waals surface area (Å²) in [4.78, 5) is 2.37. The van der Waals surface area contributed by atoms with Crippen molar-refractivity contribution in [1.29, 1.82) is 0 Å². The molecule has 0 saturated carbocycles. The van der Waals surface area contributed by atoms with Crippen molar-refractivity contribution in [3.8, 4) is 0 Å². The Bertz CT molecular complexity index is 440. The number of benzene rings is 1. The van der Waals surface area contributed by atoms with Gasteiger partial charge in [0.25, 0.3) is 0 Å². The Morgan fingerprint density at radius 1 is 1.45 bits per heavy atom. The number of halogens is 1. The van der Waals surface area contributed by atoms with Gasteiger partial charge in [0.15, 0.2) is 0 Å². The summed E-state index contributed by atoms with van der Waals surface area (Å²) in [6.45, 7) is 5.03. The van der Waals surface area contributed by atoms with Gasteiger partial charge < -0.3 is 14.7 Å². The first kappa shape index (κ1) is 15.8. The van der Waals surface area contributed by atoms with Crippen molar-refractivity contribution < 1.29 is 9.84 Å². The first-order valence-corrected chi connectivity index (χ1v) is 7.62. The molecule has 0 spiro atoms. The second-order valence-electron chi connectivity index (χ2n) is 5.86. The van der Waals surface area contributed by atoms with Gasteiger partial charge in [-0.3, -0.25) is 0 Å². The van der Waals surface area contributed by atoms with Crippen molar-refractivity contribution in [2.75, 3.05) is 26.7 Å². The molecule has 20 heavy (non-hydrogen) atoms. The molecule has 2 rings (SSSR count). The lowest BCUT2D eigenvalue weighted by Gasteiger charge is -2.39. The molecule has 1 saturated heterocycles. The molecule has 1 aliphatic rings. The van der Waals surface area contributed by atoms with Gasteiger partial charge in [0.05, 0.1) is 11.7 Å². The molecule has 4 heteroatoms. The average Bonchev–Trinajstić information content (AvgIpc) is 2.45. The van der Waals surface area contributed by atoms with Crippen molar-refractivity contribution in [3.05, 3.63) is 34.9 Å². The Morgan fingerprint density at radius 3 is 2.90 bits per heavy atom. The van der Waals surface area contributed by atoms with E-state index in [-0.39, 0.29) is 5.60 Å². The minimum Gasteiger partial charge on any atom is -0.388 e. The lowest BCUT2D eigenvalue weighted by atomic mass is 9.94. The molecule has 1 heterocycles. The second-order valence-corrected chi connectivity index (χ2v) is 6.27. The minimum atomic E-state index is -0.501. The molecule has 1 aliphatic heterocycles. The molecule has 0 bridgehead atoms. The Hall–Kier alpha value is -0.610. The van der Waals surface area contributed by atoms with Crippen LogP contribution in [0.15, 0.2) is 24.3 Å². The van der Waals surface area contributed by atoms with E-state index in [2.05, 4.69) is 11.8 Å². The first-order valence-electron chi connectivity index (χ1n) is 7.24. The van der Waals surface area contributed by atoms with Crippen LogP contribution in [0.1, 0.15) is 37.9 Å². The normalized spacial score (nSPS) is 25.6. The third-order valence-corrected chi connectivity index (χ3v) is 4.56. The first-order chi connectivity index (χ1) is 9.54. The molecular weight excluding hydrogens is 274 g/mol. The van der Waals surface area contributed by atoms with E-state index in [9.17, 15) is 5.11 Å². The van der Waals surface area contributed by atoms with Crippen molar-refractivity contribution in [3.63, 3.8) is 0 Å². The van der Waals surface area contributed by atoms with Gasteiger partial charge in [0, 0.05) is 25.2 Å². The maximum Gasteiger partial charge on any atom is 0.0816 e. The maximum absolute atomic E-state index is 10.3.